The standard InChI is InChI=1S/C17H25NO2/c1-19-9-7-18(17-6-8-20-13-17)12-14-10-15-4-2-3-5-16(15)11-14/h2-5,14,17H,6-13H2,1H3. The van der Waals surface area contributed by atoms with Crippen molar-refractivity contribution in [2.75, 3.05) is 40.0 Å². The smallest absolute Gasteiger partial charge is 0.0622 e. The second kappa shape index (κ2) is 6.70. The van der Waals surface area contributed by atoms with Gasteiger partial charge in [-0.25, -0.2) is 0 Å². The zero-order valence-corrected chi connectivity index (χ0v) is 12.4. The van der Waals surface area contributed by atoms with E-state index < -0.39 is 0 Å². The van der Waals surface area contributed by atoms with Gasteiger partial charge < -0.3 is 9.47 Å². The van der Waals surface area contributed by atoms with Crippen molar-refractivity contribution in [3.05, 3.63) is 35.4 Å². The van der Waals surface area contributed by atoms with E-state index in [2.05, 4.69) is 29.2 Å². The summed E-state index contributed by atoms with van der Waals surface area (Å²) >= 11 is 0. The van der Waals surface area contributed by atoms with Crippen LogP contribution in [-0.4, -0.2) is 51.0 Å². The summed E-state index contributed by atoms with van der Waals surface area (Å²) in [6.07, 6.45) is 3.63. The normalized spacial score (nSPS) is 22.6. The lowest BCUT2D eigenvalue weighted by Gasteiger charge is -2.30. The number of hydrogen-bond donors (Lipinski definition) is 0. The fourth-order valence-electron chi connectivity index (χ4n) is 3.55. The van der Waals surface area contributed by atoms with Crippen molar-refractivity contribution in [1.29, 1.82) is 0 Å². The van der Waals surface area contributed by atoms with E-state index in [4.69, 9.17) is 9.47 Å². The van der Waals surface area contributed by atoms with Crippen LogP contribution in [0.5, 0.6) is 0 Å². The number of nitrogens with zero attached hydrogens (tertiary/aromatic N) is 1. The first kappa shape index (κ1) is 14.1. The molecule has 1 fully saturated rings. The van der Waals surface area contributed by atoms with Crippen LogP contribution < -0.4 is 0 Å². The lowest BCUT2D eigenvalue weighted by atomic mass is 10.0. The third-order valence-corrected chi connectivity index (χ3v) is 4.63. The molecule has 1 aliphatic heterocycles. The van der Waals surface area contributed by atoms with Gasteiger partial charge in [-0.2, -0.15) is 0 Å². The minimum atomic E-state index is 0.592. The molecule has 1 atom stereocenters. The van der Waals surface area contributed by atoms with Gasteiger partial charge in [0.2, 0.25) is 0 Å². The molecule has 0 amide bonds. The topological polar surface area (TPSA) is 21.7 Å². The Hall–Kier alpha value is -0.900. The Morgan fingerprint density at radius 1 is 1.25 bits per heavy atom. The zero-order valence-electron chi connectivity index (χ0n) is 12.4. The third-order valence-electron chi connectivity index (χ3n) is 4.63. The van der Waals surface area contributed by atoms with E-state index in [1.54, 1.807) is 18.2 Å². The number of methoxy groups -OCH3 is 1. The minimum Gasteiger partial charge on any atom is -0.383 e. The van der Waals surface area contributed by atoms with Gasteiger partial charge in [-0.3, -0.25) is 4.90 Å². The molecular formula is C17H25NO2. The predicted octanol–water partition coefficient (Wildman–Crippen LogP) is 2.14. The van der Waals surface area contributed by atoms with Crippen LogP contribution in [0.2, 0.25) is 0 Å². The summed E-state index contributed by atoms with van der Waals surface area (Å²) in [5.74, 6) is 0.754. The SMILES string of the molecule is COCCN(CC1Cc2ccccc2C1)C1CCOC1. The summed E-state index contributed by atoms with van der Waals surface area (Å²) in [6, 6.07) is 9.48. The van der Waals surface area contributed by atoms with Crippen LogP contribution in [0.4, 0.5) is 0 Å². The molecule has 1 heterocycles. The second-order valence-electron chi connectivity index (χ2n) is 6.05. The monoisotopic (exact) mass is 275 g/mol. The summed E-state index contributed by atoms with van der Waals surface area (Å²) in [7, 11) is 1.79. The summed E-state index contributed by atoms with van der Waals surface area (Å²) in [5, 5.41) is 0. The maximum Gasteiger partial charge on any atom is 0.0622 e. The molecular weight excluding hydrogens is 250 g/mol. The Bertz CT molecular complexity index is 404. The molecule has 110 valence electrons. The van der Waals surface area contributed by atoms with E-state index in [1.165, 1.54) is 25.8 Å². The van der Waals surface area contributed by atoms with Gasteiger partial charge in [-0.1, -0.05) is 24.3 Å². The van der Waals surface area contributed by atoms with Gasteiger partial charge in [0.25, 0.3) is 0 Å². The number of ether oxygens (including phenoxy) is 2. The molecule has 2 aliphatic rings. The highest BCUT2D eigenvalue weighted by molar-refractivity contribution is 5.32. The van der Waals surface area contributed by atoms with E-state index >= 15 is 0 Å². The Morgan fingerprint density at radius 2 is 2.00 bits per heavy atom. The molecule has 3 heteroatoms. The largest absolute Gasteiger partial charge is 0.383 e. The molecule has 1 aromatic carbocycles. The third kappa shape index (κ3) is 3.22. The fourth-order valence-corrected chi connectivity index (χ4v) is 3.55. The van der Waals surface area contributed by atoms with Crippen molar-refractivity contribution in [3.63, 3.8) is 0 Å². The van der Waals surface area contributed by atoms with Crippen LogP contribution in [0.3, 0.4) is 0 Å². The van der Waals surface area contributed by atoms with Gasteiger partial charge in [0.1, 0.15) is 0 Å². The van der Waals surface area contributed by atoms with E-state index in [0.29, 0.717) is 6.04 Å². The van der Waals surface area contributed by atoms with E-state index in [1.807, 2.05) is 0 Å². The Kier molecular flexibility index (Phi) is 4.71. The first-order chi connectivity index (χ1) is 9.86. The van der Waals surface area contributed by atoms with Gasteiger partial charge >= 0.3 is 0 Å². The van der Waals surface area contributed by atoms with Crippen LogP contribution in [0, 0.1) is 5.92 Å². The van der Waals surface area contributed by atoms with Gasteiger partial charge in [0, 0.05) is 32.8 Å². The molecule has 20 heavy (non-hydrogen) atoms. The van der Waals surface area contributed by atoms with E-state index in [-0.39, 0.29) is 0 Å². The number of fused-ring (bicyclic) bond motifs is 1. The highest BCUT2D eigenvalue weighted by Crippen LogP contribution is 2.28. The molecule has 0 bridgehead atoms. The maximum absolute atomic E-state index is 5.56. The Labute approximate surface area is 121 Å². The average Bonchev–Trinajstić information content (AvgIpc) is 3.11. The average molecular weight is 275 g/mol. The van der Waals surface area contributed by atoms with Crippen molar-refractivity contribution in [2.24, 2.45) is 5.92 Å². The summed E-state index contributed by atoms with van der Waals surface area (Å²) in [5.41, 5.74) is 3.10. The highest BCUT2D eigenvalue weighted by Gasteiger charge is 2.28. The molecule has 1 aromatic rings. The lowest BCUT2D eigenvalue weighted by molar-refractivity contribution is 0.0941. The van der Waals surface area contributed by atoms with Crippen LogP contribution in [-0.2, 0) is 22.3 Å². The lowest BCUT2D eigenvalue weighted by Crippen LogP contribution is -2.41. The molecule has 0 radical (unpaired) electrons. The molecule has 0 saturated carbocycles. The molecule has 1 unspecified atom stereocenters. The molecule has 3 nitrogen and oxygen atoms in total. The zero-order chi connectivity index (χ0) is 13.8. The number of hydrogen-bond acceptors (Lipinski definition) is 3. The summed E-state index contributed by atoms with van der Waals surface area (Å²) in [4.78, 5) is 2.59. The van der Waals surface area contributed by atoms with Crippen LogP contribution >= 0.6 is 0 Å². The number of rotatable bonds is 6. The van der Waals surface area contributed by atoms with Crippen molar-refractivity contribution in [2.45, 2.75) is 25.3 Å². The highest BCUT2D eigenvalue weighted by atomic mass is 16.5. The van der Waals surface area contributed by atoms with Gasteiger partial charge in [-0.15, -0.1) is 0 Å². The maximum atomic E-state index is 5.56. The van der Waals surface area contributed by atoms with Crippen molar-refractivity contribution in [3.8, 4) is 0 Å². The van der Waals surface area contributed by atoms with Crippen molar-refractivity contribution < 1.29 is 9.47 Å². The van der Waals surface area contributed by atoms with Gasteiger partial charge in [0.05, 0.1) is 13.2 Å². The first-order valence-corrected chi connectivity index (χ1v) is 7.74. The quantitative estimate of drug-likeness (QED) is 0.794. The van der Waals surface area contributed by atoms with Crippen molar-refractivity contribution in [1.82, 2.24) is 4.90 Å². The molecule has 1 saturated heterocycles. The van der Waals surface area contributed by atoms with Crippen molar-refractivity contribution >= 4 is 0 Å². The van der Waals surface area contributed by atoms with Crippen LogP contribution in [0.1, 0.15) is 17.5 Å². The van der Waals surface area contributed by atoms with Crippen LogP contribution in [0.15, 0.2) is 24.3 Å². The molecule has 3 rings (SSSR count). The van der Waals surface area contributed by atoms with Crippen LogP contribution in [0.25, 0.3) is 0 Å². The molecule has 0 spiro atoms. The van der Waals surface area contributed by atoms with E-state index in [0.717, 1.165) is 32.3 Å². The van der Waals surface area contributed by atoms with E-state index in [9.17, 15) is 0 Å². The Morgan fingerprint density at radius 3 is 2.60 bits per heavy atom. The second-order valence-corrected chi connectivity index (χ2v) is 6.05. The molecule has 0 N–H and O–H groups in total. The fraction of sp³-hybridized carbons (Fsp3) is 0.647. The summed E-state index contributed by atoms with van der Waals surface area (Å²) < 4.78 is 10.8. The van der Waals surface area contributed by atoms with Gasteiger partial charge in [-0.05, 0) is 36.3 Å². The molecule has 0 aromatic heterocycles. The molecule has 1 aliphatic carbocycles. The van der Waals surface area contributed by atoms with Gasteiger partial charge in [0.15, 0.2) is 0 Å². The number of benzene rings is 1. The first-order valence-electron chi connectivity index (χ1n) is 7.74. The minimum absolute atomic E-state index is 0.592. The Balaban J connectivity index is 1.59. The summed E-state index contributed by atoms with van der Waals surface area (Å²) in [6.45, 7) is 4.82. The predicted molar refractivity (Wildman–Crippen MR) is 80.0 cm³/mol.